The van der Waals surface area contributed by atoms with Gasteiger partial charge in [-0.2, -0.15) is 0 Å². The largest absolute Gasteiger partial charge is 0.497 e. The molecule has 0 saturated carbocycles. The fraction of sp³-hybridized carbons (Fsp3) is 0.0476. The first-order valence-corrected chi connectivity index (χ1v) is 11.8. The van der Waals surface area contributed by atoms with Crippen LogP contribution in [-0.4, -0.2) is 37.5 Å². The topological polar surface area (TPSA) is 131 Å². The molecule has 1 aromatic heterocycles. The number of carbonyl (C=O) groups excluding carboxylic acids is 2. The number of benzene rings is 2. The van der Waals surface area contributed by atoms with Crippen LogP contribution in [-0.2, 0) is 19.6 Å². The van der Waals surface area contributed by atoms with Gasteiger partial charge >= 0.3 is 0 Å². The molecule has 2 heterocycles. The third kappa shape index (κ3) is 4.67. The Kier molecular flexibility index (Phi) is 6.42. The van der Waals surface area contributed by atoms with Crippen molar-refractivity contribution in [3.05, 3.63) is 76.5 Å². The molecule has 13 heteroatoms. The van der Waals surface area contributed by atoms with Crippen LogP contribution >= 0.6 is 23.2 Å². The summed E-state index contributed by atoms with van der Waals surface area (Å²) in [7, 11) is -2.45. The number of carbonyl (C=O) groups is 2. The van der Waals surface area contributed by atoms with E-state index in [4.69, 9.17) is 27.9 Å². The summed E-state index contributed by atoms with van der Waals surface area (Å²) in [5.41, 5.74) is 0.535. The normalized spacial score (nSPS) is 13.9. The van der Waals surface area contributed by atoms with Crippen molar-refractivity contribution in [2.75, 3.05) is 22.0 Å². The van der Waals surface area contributed by atoms with E-state index < -0.39 is 21.8 Å². The number of sulfonamides is 1. The van der Waals surface area contributed by atoms with Crippen LogP contribution in [0.3, 0.4) is 0 Å². The van der Waals surface area contributed by atoms with Crippen LogP contribution in [0, 0.1) is 0 Å². The molecule has 174 valence electrons. The van der Waals surface area contributed by atoms with Crippen molar-refractivity contribution >= 4 is 62.2 Å². The summed E-state index contributed by atoms with van der Waals surface area (Å²) in [6.07, 6.45) is 0. The van der Waals surface area contributed by atoms with Gasteiger partial charge in [0.15, 0.2) is 11.0 Å². The van der Waals surface area contributed by atoms with Crippen molar-refractivity contribution in [1.82, 2.24) is 10.2 Å². The van der Waals surface area contributed by atoms with E-state index in [0.29, 0.717) is 17.1 Å². The van der Waals surface area contributed by atoms with E-state index >= 15 is 0 Å². The van der Waals surface area contributed by atoms with E-state index in [1.165, 1.54) is 43.5 Å². The number of anilines is 3. The average Bonchev–Trinajstić information content (AvgIpc) is 3.04. The summed E-state index contributed by atoms with van der Waals surface area (Å²) in [5.74, 6) is -0.781. The molecular weight excluding hydrogens is 505 g/mol. The second kappa shape index (κ2) is 9.29. The van der Waals surface area contributed by atoms with Gasteiger partial charge in [0.05, 0.1) is 17.7 Å². The van der Waals surface area contributed by atoms with Gasteiger partial charge in [0, 0.05) is 5.69 Å². The van der Waals surface area contributed by atoms with E-state index in [2.05, 4.69) is 20.2 Å². The average molecular weight is 520 g/mol. The maximum atomic E-state index is 12.9. The Morgan fingerprint density at radius 3 is 2.15 bits per heavy atom. The highest BCUT2D eigenvalue weighted by Gasteiger charge is 2.39. The Labute approximate surface area is 204 Å². The fourth-order valence-corrected chi connectivity index (χ4v) is 4.32. The van der Waals surface area contributed by atoms with Crippen molar-refractivity contribution in [3.63, 3.8) is 0 Å². The highest BCUT2D eigenvalue weighted by atomic mass is 35.5. The number of hydrogen-bond donors (Lipinski definition) is 2. The van der Waals surface area contributed by atoms with Crippen molar-refractivity contribution in [3.8, 4) is 5.75 Å². The van der Waals surface area contributed by atoms with Crippen LogP contribution < -0.4 is 19.7 Å². The molecule has 0 fully saturated rings. The Morgan fingerprint density at radius 2 is 1.56 bits per heavy atom. The van der Waals surface area contributed by atoms with Crippen molar-refractivity contribution < 1.29 is 22.7 Å². The van der Waals surface area contributed by atoms with Crippen LogP contribution in [0.2, 0.25) is 5.15 Å². The van der Waals surface area contributed by atoms with Crippen LogP contribution in [0.5, 0.6) is 5.75 Å². The zero-order valence-electron chi connectivity index (χ0n) is 17.3. The smallest absolute Gasteiger partial charge is 0.283 e. The number of rotatable bonds is 7. The number of hydrogen-bond acceptors (Lipinski definition) is 8. The zero-order valence-corrected chi connectivity index (χ0v) is 19.6. The third-order valence-corrected chi connectivity index (χ3v) is 6.59. The van der Waals surface area contributed by atoms with Gasteiger partial charge in [-0.05, 0) is 60.7 Å². The monoisotopic (exact) mass is 519 g/mol. The Balaban J connectivity index is 1.50. The molecule has 0 saturated heterocycles. The molecule has 0 bridgehead atoms. The maximum absolute atomic E-state index is 12.9. The number of nitrogens with one attached hydrogen (secondary N) is 2. The first-order valence-electron chi connectivity index (χ1n) is 9.51. The van der Waals surface area contributed by atoms with Crippen LogP contribution in [0.4, 0.5) is 17.2 Å². The van der Waals surface area contributed by atoms with E-state index in [0.717, 1.165) is 4.90 Å². The molecule has 2 amide bonds. The standard InChI is InChI=1S/C21H15Cl2N5O5S/c1-33-14-6-4-13(5-7-14)28-20(29)18(23)19(21(28)30)24-12-2-8-15(9-3-12)34(31,32)27-17-11-10-16(22)25-26-17/h2-11,24H,1H3,(H,26,27). The van der Waals surface area contributed by atoms with Gasteiger partial charge in [-0.1, -0.05) is 23.2 Å². The third-order valence-electron chi connectivity index (χ3n) is 4.66. The highest BCUT2D eigenvalue weighted by Crippen LogP contribution is 2.31. The van der Waals surface area contributed by atoms with Crippen LogP contribution in [0.25, 0.3) is 0 Å². The minimum Gasteiger partial charge on any atom is -0.497 e. The number of aromatic nitrogens is 2. The molecule has 3 aromatic rings. The lowest BCUT2D eigenvalue weighted by molar-refractivity contribution is -0.120. The van der Waals surface area contributed by atoms with Crippen LogP contribution in [0.1, 0.15) is 0 Å². The Morgan fingerprint density at radius 1 is 0.882 bits per heavy atom. The van der Waals surface area contributed by atoms with Gasteiger partial charge in [-0.25, -0.2) is 13.3 Å². The summed E-state index contributed by atoms with van der Waals surface area (Å²) < 4.78 is 32.5. The van der Waals surface area contributed by atoms with Gasteiger partial charge in [0.1, 0.15) is 16.5 Å². The molecule has 0 radical (unpaired) electrons. The predicted molar refractivity (Wildman–Crippen MR) is 126 cm³/mol. The molecule has 2 aromatic carbocycles. The number of nitrogens with zero attached hydrogens (tertiary/aromatic N) is 3. The first kappa shape index (κ1) is 23.5. The number of amides is 2. The lowest BCUT2D eigenvalue weighted by Gasteiger charge is -2.15. The van der Waals surface area contributed by atoms with E-state index in [-0.39, 0.29) is 26.6 Å². The summed E-state index contributed by atoms with van der Waals surface area (Å²) in [5, 5.41) is 9.85. The molecule has 0 atom stereocenters. The van der Waals surface area contributed by atoms with Gasteiger partial charge in [0.25, 0.3) is 21.8 Å². The predicted octanol–water partition coefficient (Wildman–Crippen LogP) is 3.38. The number of methoxy groups -OCH3 is 1. The molecule has 1 aliphatic heterocycles. The Hall–Kier alpha value is -3.67. The van der Waals surface area contributed by atoms with E-state index in [1.807, 2.05) is 0 Å². The highest BCUT2D eigenvalue weighted by molar-refractivity contribution is 7.92. The molecule has 34 heavy (non-hydrogen) atoms. The quantitative estimate of drug-likeness (QED) is 0.454. The zero-order chi connectivity index (χ0) is 24.5. The molecule has 0 aliphatic carbocycles. The summed E-state index contributed by atoms with van der Waals surface area (Å²) in [6, 6.07) is 14.6. The Bertz CT molecular complexity index is 1390. The molecule has 0 spiro atoms. The van der Waals surface area contributed by atoms with Crippen LogP contribution in [0.15, 0.2) is 76.3 Å². The molecular formula is C21H15Cl2N5O5S. The van der Waals surface area contributed by atoms with Crippen molar-refractivity contribution in [2.45, 2.75) is 4.90 Å². The number of halogens is 2. The molecule has 10 nitrogen and oxygen atoms in total. The minimum absolute atomic E-state index is 0.00257. The van der Waals surface area contributed by atoms with E-state index in [9.17, 15) is 18.0 Å². The summed E-state index contributed by atoms with van der Waals surface area (Å²) in [6.45, 7) is 0. The number of ether oxygens (including phenoxy) is 1. The lowest BCUT2D eigenvalue weighted by Crippen LogP contribution is -2.32. The second-order valence-electron chi connectivity index (χ2n) is 6.83. The molecule has 2 N–H and O–H groups in total. The maximum Gasteiger partial charge on any atom is 0.283 e. The fourth-order valence-electron chi connectivity index (χ4n) is 3.01. The van der Waals surface area contributed by atoms with Crippen molar-refractivity contribution in [1.29, 1.82) is 0 Å². The minimum atomic E-state index is -3.95. The summed E-state index contributed by atoms with van der Waals surface area (Å²) >= 11 is 11.8. The first-order chi connectivity index (χ1) is 16.2. The lowest BCUT2D eigenvalue weighted by atomic mass is 10.2. The van der Waals surface area contributed by atoms with Gasteiger partial charge in [-0.15, -0.1) is 10.2 Å². The van der Waals surface area contributed by atoms with Gasteiger partial charge in [0.2, 0.25) is 0 Å². The molecule has 4 rings (SSSR count). The molecule has 0 unspecified atom stereocenters. The summed E-state index contributed by atoms with van der Waals surface area (Å²) in [4.78, 5) is 26.3. The van der Waals surface area contributed by atoms with Gasteiger partial charge in [-0.3, -0.25) is 14.3 Å². The van der Waals surface area contributed by atoms with Crippen molar-refractivity contribution in [2.24, 2.45) is 0 Å². The number of imide groups is 1. The van der Waals surface area contributed by atoms with Gasteiger partial charge < -0.3 is 10.1 Å². The molecule has 1 aliphatic rings. The SMILES string of the molecule is COc1ccc(N2C(=O)C(Cl)=C(Nc3ccc(S(=O)(=O)Nc4ccc(Cl)nn4)cc3)C2=O)cc1. The second-order valence-corrected chi connectivity index (χ2v) is 9.28. The van der Waals surface area contributed by atoms with E-state index in [1.54, 1.807) is 24.3 Å².